The summed E-state index contributed by atoms with van der Waals surface area (Å²) >= 11 is 6.19. The quantitative estimate of drug-likeness (QED) is 0.438. The molecule has 0 spiro atoms. The van der Waals surface area contributed by atoms with E-state index in [9.17, 15) is 4.79 Å². The van der Waals surface area contributed by atoms with Gasteiger partial charge in [0.05, 0.1) is 28.6 Å². The van der Waals surface area contributed by atoms with E-state index in [1.165, 1.54) is 0 Å². The van der Waals surface area contributed by atoms with Gasteiger partial charge in [-0.3, -0.25) is 0 Å². The van der Waals surface area contributed by atoms with Crippen molar-refractivity contribution in [3.63, 3.8) is 0 Å². The van der Waals surface area contributed by atoms with Crippen LogP contribution in [0.25, 0.3) is 11.3 Å². The maximum absolute atomic E-state index is 10.7. The van der Waals surface area contributed by atoms with Gasteiger partial charge < -0.3 is 19.3 Å². The molecule has 0 radical (unpaired) electrons. The minimum absolute atomic E-state index is 0.289. The van der Waals surface area contributed by atoms with Gasteiger partial charge in [-0.1, -0.05) is 23.7 Å². The highest BCUT2D eigenvalue weighted by atomic mass is 35.5. The Kier molecular flexibility index (Phi) is 8.25. The lowest BCUT2D eigenvalue weighted by molar-refractivity contribution is -0.139. The van der Waals surface area contributed by atoms with Crippen molar-refractivity contribution in [3.8, 4) is 28.8 Å². The fraction of sp³-hybridized carbons (Fsp3) is 0.240. The number of aromatic nitrogens is 1. The molecular formula is C25H23ClN2O5. The Balaban J connectivity index is 1.85. The van der Waals surface area contributed by atoms with Crippen LogP contribution in [0.1, 0.15) is 29.8 Å². The first kappa shape index (κ1) is 24.1. The smallest absolute Gasteiger partial charge is 0.341 e. The number of carboxylic acid groups (broad SMARTS) is 1. The third-order valence-electron chi connectivity index (χ3n) is 4.74. The van der Waals surface area contributed by atoms with Crippen molar-refractivity contribution in [3.05, 3.63) is 76.4 Å². The molecule has 3 aromatic rings. The Morgan fingerprint density at radius 1 is 1.21 bits per heavy atom. The van der Waals surface area contributed by atoms with E-state index in [4.69, 9.17) is 41.2 Å². The van der Waals surface area contributed by atoms with Gasteiger partial charge in [-0.25, -0.2) is 9.78 Å². The molecule has 1 atom stereocenters. The van der Waals surface area contributed by atoms with Crippen LogP contribution >= 0.6 is 11.6 Å². The lowest BCUT2D eigenvalue weighted by Gasteiger charge is -2.20. The predicted octanol–water partition coefficient (Wildman–Crippen LogP) is 5.20. The lowest BCUT2D eigenvalue weighted by atomic mass is 10.1. The molecule has 1 heterocycles. The highest BCUT2D eigenvalue weighted by molar-refractivity contribution is 6.32. The second kappa shape index (κ2) is 11.3. The van der Waals surface area contributed by atoms with Crippen molar-refractivity contribution in [1.29, 1.82) is 5.26 Å². The highest BCUT2D eigenvalue weighted by Crippen LogP contribution is 2.29. The van der Waals surface area contributed by atoms with Crippen LogP contribution in [-0.4, -0.2) is 35.9 Å². The summed E-state index contributed by atoms with van der Waals surface area (Å²) < 4.78 is 17.1. The fourth-order valence-corrected chi connectivity index (χ4v) is 3.35. The predicted molar refractivity (Wildman–Crippen MR) is 124 cm³/mol. The standard InChI is InChI=1S/C25H23ClN2O5/c1-3-31-14-24(33-19-9-10-23(16(2)11-19)32-15-25(29)30)22-6-4-5-21(28-22)17-7-8-18(13-27)20(26)12-17/h4-12,24H,3,14-15H2,1-2H3,(H,29,30)/t24-/m0/s1. The number of halogens is 1. The van der Waals surface area contributed by atoms with E-state index in [-0.39, 0.29) is 6.61 Å². The Labute approximate surface area is 197 Å². The molecule has 2 aromatic carbocycles. The van der Waals surface area contributed by atoms with E-state index >= 15 is 0 Å². The second-order valence-corrected chi connectivity index (χ2v) is 7.54. The maximum atomic E-state index is 10.7. The monoisotopic (exact) mass is 466 g/mol. The molecular weight excluding hydrogens is 444 g/mol. The zero-order chi connectivity index (χ0) is 23.8. The first-order valence-corrected chi connectivity index (χ1v) is 10.7. The van der Waals surface area contributed by atoms with E-state index in [2.05, 4.69) is 0 Å². The van der Waals surface area contributed by atoms with Gasteiger partial charge in [0.25, 0.3) is 0 Å². The van der Waals surface area contributed by atoms with Gasteiger partial charge in [0.15, 0.2) is 12.7 Å². The van der Waals surface area contributed by atoms with Crippen molar-refractivity contribution in [2.75, 3.05) is 19.8 Å². The molecule has 0 bridgehead atoms. The fourth-order valence-electron chi connectivity index (χ4n) is 3.12. The van der Waals surface area contributed by atoms with Crippen molar-refractivity contribution < 1.29 is 24.1 Å². The van der Waals surface area contributed by atoms with E-state index in [0.717, 1.165) is 11.1 Å². The summed E-state index contributed by atoms with van der Waals surface area (Å²) in [5, 5.41) is 18.3. The molecule has 0 amide bonds. The normalized spacial score (nSPS) is 11.5. The number of carbonyl (C=O) groups is 1. The third-order valence-corrected chi connectivity index (χ3v) is 5.05. The van der Waals surface area contributed by atoms with Crippen molar-refractivity contribution in [2.45, 2.75) is 20.0 Å². The van der Waals surface area contributed by atoms with E-state index in [1.807, 2.05) is 38.1 Å². The van der Waals surface area contributed by atoms with Gasteiger partial charge in [0.1, 0.15) is 17.6 Å². The van der Waals surface area contributed by atoms with Crippen LogP contribution in [0.5, 0.6) is 11.5 Å². The molecule has 0 aliphatic carbocycles. The van der Waals surface area contributed by atoms with Gasteiger partial charge >= 0.3 is 5.97 Å². The van der Waals surface area contributed by atoms with Crippen LogP contribution in [-0.2, 0) is 9.53 Å². The average Bonchev–Trinajstić information content (AvgIpc) is 2.81. The number of hydrogen-bond donors (Lipinski definition) is 1. The van der Waals surface area contributed by atoms with Crippen LogP contribution < -0.4 is 9.47 Å². The maximum Gasteiger partial charge on any atom is 0.341 e. The summed E-state index contributed by atoms with van der Waals surface area (Å²) in [6.45, 7) is 4.11. The molecule has 0 unspecified atom stereocenters. The molecule has 0 saturated carbocycles. The topological polar surface area (TPSA) is 102 Å². The number of nitrogens with zero attached hydrogens (tertiary/aromatic N) is 2. The van der Waals surface area contributed by atoms with Crippen molar-refractivity contribution >= 4 is 17.6 Å². The van der Waals surface area contributed by atoms with E-state index < -0.39 is 18.7 Å². The summed E-state index contributed by atoms with van der Waals surface area (Å²) in [6, 6.07) is 18.0. The Morgan fingerprint density at radius 2 is 2.03 bits per heavy atom. The number of hydrogen-bond acceptors (Lipinski definition) is 6. The molecule has 3 rings (SSSR count). The molecule has 0 aliphatic heterocycles. The number of aryl methyl sites for hydroxylation is 1. The number of aliphatic carboxylic acids is 1. The number of nitriles is 1. The number of ether oxygens (including phenoxy) is 3. The first-order chi connectivity index (χ1) is 15.9. The summed E-state index contributed by atoms with van der Waals surface area (Å²) in [5.41, 5.74) is 3.30. The van der Waals surface area contributed by atoms with E-state index in [0.29, 0.717) is 40.1 Å². The zero-order valence-electron chi connectivity index (χ0n) is 18.2. The van der Waals surface area contributed by atoms with Crippen LogP contribution in [0.2, 0.25) is 5.02 Å². The van der Waals surface area contributed by atoms with Crippen LogP contribution in [0.3, 0.4) is 0 Å². The van der Waals surface area contributed by atoms with Crippen molar-refractivity contribution in [1.82, 2.24) is 4.98 Å². The SMILES string of the molecule is CCOC[C@H](Oc1ccc(OCC(=O)O)c(C)c1)c1cccc(-c2ccc(C#N)c(Cl)c2)n1. The van der Waals surface area contributed by atoms with Gasteiger partial charge in [0, 0.05) is 12.2 Å². The summed E-state index contributed by atoms with van der Waals surface area (Å²) in [5.74, 6) is 0.0124. The van der Waals surface area contributed by atoms with Crippen LogP contribution in [0.15, 0.2) is 54.6 Å². The largest absolute Gasteiger partial charge is 0.482 e. The second-order valence-electron chi connectivity index (χ2n) is 7.13. The molecule has 0 fully saturated rings. The zero-order valence-corrected chi connectivity index (χ0v) is 19.0. The average molecular weight is 467 g/mol. The minimum atomic E-state index is -1.04. The van der Waals surface area contributed by atoms with Crippen molar-refractivity contribution in [2.24, 2.45) is 0 Å². The molecule has 1 N–H and O–H groups in total. The Morgan fingerprint density at radius 3 is 2.70 bits per heavy atom. The summed E-state index contributed by atoms with van der Waals surface area (Å²) in [7, 11) is 0. The molecule has 7 nitrogen and oxygen atoms in total. The minimum Gasteiger partial charge on any atom is -0.482 e. The highest BCUT2D eigenvalue weighted by Gasteiger charge is 2.18. The van der Waals surface area contributed by atoms with Gasteiger partial charge in [-0.2, -0.15) is 5.26 Å². The Hall–Kier alpha value is -3.60. The van der Waals surface area contributed by atoms with Gasteiger partial charge in [0.2, 0.25) is 0 Å². The molecule has 1 aromatic heterocycles. The molecule has 0 aliphatic rings. The summed E-state index contributed by atoms with van der Waals surface area (Å²) in [4.78, 5) is 15.5. The molecule has 8 heteroatoms. The number of pyridine rings is 1. The first-order valence-electron chi connectivity index (χ1n) is 10.3. The third kappa shape index (κ3) is 6.45. The van der Waals surface area contributed by atoms with E-state index in [1.54, 1.807) is 36.4 Å². The van der Waals surface area contributed by atoms with Crippen LogP contribution in [0.4, 0.5) is 0 Å². The Bertz CT molecular complexity index is 1180. The van der Waals surface area contributed by atoms with Crippen LogP contribution in [0, 0.1) is 18.3 Å². The molecule has 170 valence electrons. The summed E-state index contributed by atoms with van der Waals surface area (Å²) in [6.07, 6.45) is -0.482. The van der Waals surface area contributed by atoms with Gasteiger partial charge in [-0.15, -0.1) is 0 Å². The molecule has 33 heavy (non-hydrogen) atoms. The molecule has 0 saturated heterocycles. The number of benzene rings is 2. The number of rotatable bonds is 10. The van der Waals surface area contributed by atoms with Gasteiger partial charge in [-0.05, 0) is 61.9 Å². The lowest BCUT2D eigenvalue weighted by Crippen LogP contribution is -2.16. The number of carboxylic acids is 1.